The molecule has 4 rings (SSSR count). The summed E-state index contributed by atoms with van der Waals surface area (Å²) in [6.07, 6.45) is 0.0480. The summed E-state index contributed by atoms with van der Waals surface area (Å²) in [6, 6.07) is -0.994. The van der Waals surface area contributed by atoms with Crippen LogP contribution in [0.1, 0.15) is 13.3 Å². The van der Waals surface area contributed by atoms with Crippen LogP contribution in [-0.2, 0) is 21.4 Å². The summed E-state index contributed by atoms with van der Waals surface area (Å²) in [5.74, 6) is -1.23. The molecule has 1 aromatic heterocycles. The van der Waals surface area contributed by atoms with Gasteiger partial charge in [-0.15, -0.1) is 5.10 Å². The maximum atomic E-state index is 12.7. The Kier molecular flexibility index (Phi) is 4.29. The van der Waals surface area contributed by atoms with E-state index < -0.39 is 18.1 Å². The smallest absolute Gasteiger partial charge is 0.410 e. The summed E-state index contributed by atoms with van der Waals surface area (Å²) < 4.78 is 6.55. The molecule has 1 N–H and O–H groups in total. The van der Waals surface area contributed by atoms with E-state index >= 15 is 0 Å². The number of hydrogen-bond acceptors (Lipinski definition) is 8. The van der Waals surface area contributed by atoms with Gasteiger partial charge < -0.3 is 9.84 Å². The van der Waals surface area contributed by atoms with Crippen LogP contribution >= 0.6 is 11.8 Å². The molecule has 2 amide bonds. The third kappa shape index (κ3) is 2.58. The normalized spacial score (nSPS) is 26.1. The first-order valence-electron chi connectivity index (χ1n) is 8.53. The third-order valence-electron chi connectivity index (χ3n) is 5.18. The molecule has 0 aromatic carbocycles. The van der Waals surface area contributed by atoms with Gasteiger partial charge in [0.1, 0.15) is 11.7 Å². The van der Waals surface area contributed by atoms with E-state index in [1.807, 2.05) is 0 Å². The number of likely N-dealkylation sites (tertiary alicyclic amines) is 1. The number of nitrogens with zero attached hydrogens (tertiary/aromatic N) is 6. The number of hydrogen-bond donors (Lipinski definition) is 1. The maximum absolute atomic E-state index is 12.7. The van der Waals surface area contributed by atoms with E-state index in [1.165, 1.54) is 26.2 Å². The van der Waals surface area contributed by atoms with Crippen molar-refractivity contribution in [2.24, 2.45) is 13.0 Å². The number of ether oxygens (including phenoxy) is 1. The molecule has 144 valence electrons. The lowest BCUT2D eigenvalue weighted by Crippen LogP contribution is -2.73. The van der Waals surface area contributed by atoms with Gasteiger partial charge in [0.25, 0.3) is 5.91 Å². The van der Waals surface area contributed by atoms with E-state index in [1.54, 1.807) is 14.0 Å². The van der Waals surface area contributed by atoms with Gasteiger partial charge >= 0.3 is 12.1 Å². The molecule has 3 atom stereocenters. The Hall–Kier alpha value is -2.63. The van der Waals surface area contributed by atoms with Crippen LogP contribution in [-0.4, -0.2) is 84.1 Å². The molecule has 0 bridgehead atoms. The molecule has 0 radical (unpaired) electrons. The lowest BCUT2D eigenvalue weighted by molar-refractivity contribution is -0.161. The lowest BCUT2D eigenvalue weighted by atomic mass is 9.78. The number of tetrazole rings is 1. The second-order valence-corrected chi connectivity index (χ2v) is 7.43. The van der Waals surface area contributed by atoms with Gasteiger partial charge in [-0.1, -0.05) is 11.8 Å². The van der Waals surface area contributed by atoms with Crippen molar-refractivity contribution in [1.29, 1.82) is 0 Å². The first kappa shape index (κ1) is 17.8. The molecule has 4 heterocycles. The number of β-lactam (4-membered cyclic amide) rings is 1. The van der Waals surface area contributed by atoms with Gasteiger partial charge in [0, 0.05) is 25.3 Å². The molecule has 2 saturated heterocycles. The molecule has 2 fully saturated rings. The minimum atomic E-state index is -1.13. The van der Waals surface area contributed by atoms with E-state index in [-0.39, 0.29) is 30.2 Å². The zero-order valence-electron chi connectivity index (χ0n) is 14.7. The minimum Gasteiger partial charge on any atom is -0.477 e. The minimum absolute atomic E-state index is 0.0274. The number of aliphatic carboxylic acids is 1. The van der Waals surface area contributed by atoms with Crippen LogP contribution in [0.15, 0.2) is 16.4 Å². The summed E-state index contributed by atoms with van der Waals surface area (Å²) in [5, 5.41) is 21.5. The molecule has 11 nitrogen and oxygen atoms in total. The quantitative estimate of drug-likeness (QED) is 0.529. The Balaban J connectivity index is 1.60. The Morgan fingerprint density at radius 2 is 2.19 bits per heavy atom. The number of aromatic nitrogens is 4. The first-order chi connectivity index (χ1) is 13.0. The Morgan fingerprint density at radius 3 is 2.81 bits per heavy atom. The van der Waals surface area contributed by atoms with Crippen molar-refractivity contribution in [3.05, 3.63) is 11.3 Å². The van der Waals surface area contributed by atoms with Crippen LogP contribution in [0.3, 0.4) is 0 Å². The highest BCUT2D eigenvalue weighted by molar-refractivity contribution is 7.99. The molecule has 27 heavy (non-hydrogen) atoms. The molecule has 1 unspecified atom stereocenters. The van der Waals surface area contributed by atoms with E-state index in [2.05, 4.69) is 15.5 Å². The molecule has 12 heteroatoms. The van der Waals surface area contributed by atoms with E-state index in [0.29, 0.717) is 29.4 Å². The summed E-state index contributed by atoms with van der Waals surface area (Å²) in [4.78, 5) is 39.4. The number of aryl methyl sites for hydroxylation is 1. The van der Waals surface area contributed by atoms with Crippen molar-refractivity contribution in [3.8, 4) is 0 Å². The predicted octanol–water partition coefficient (Wildman–Crippen LogP) is -0.288. The highest BCUT2D eigenvalue weighted by Crippen LogP contribution is 2.50. The summed E-state index contributed by atoms with van der Waals surface area (Å²) in [6.45, 7) is 2.28. The Morgan fingerprint density at radius 1 is 1.41 bits per heavy atom. The van der Waals surface area contributed by atoms with Crippen LogP contribution in [0.25, 0.3) is 0 Å². The molecular weight excluding hydrogens is 376 g/mol. The van der Waals surface area contributed by atoms with Gasteiger partial charge in [-0.25, -0.2) is 14.3 Å². The molecule has 3 aliphatic rings. The van der Waals surface area contributed by atoms with E-state index in [9.17, 15) is 19.5 Å². The van der Waals surface area contributed by atoms with Gasteiger partial charge in [0.2, 0.25) is 5.16 Å². The Labute approximate surface area is 158 Å². The number of piperidine rings is 1. The van der Waals surface area contributed by atoms with Gasteiger partial charge in [-0.3, -0.25) is 14.6 Å². The van der Waals surface area contributed by atoms with Crippen molar-refractivity contribution in [1.82, 2.24) is 30.0 Å². The fraction of sp³-hybridized carbons (Fsp3) is 0.600. The number of carbonyl (C=O) groups excluding carboxylic acids is 2. The first-order valence-corrected chi connectivity index (χ1v) is 9.52. The fourth-order valence-electron chi connectivity index (χ4n) is 4.08. The van der Waals surface area contributed by atoms with Crippen molar-refractivity contribution in [2.45, 2.75) is 30.6 Å². The highest BCUT2D eigenvalue weighted by atomic mass is 32.2. The number of carboxylic acids is 1. The number of carboxylic acid groups (broad SMARTS) is 1. The van der Waals surface area contributed by atoms with Crippen LogP contribution in [0.5, 0.6) is 0 Å². The monoisotopic (exact) mass is 394 g/mol. The lowest BCUT2D eigenvalue weighted by Gasteiger charge is -2.52. The number of amides is 2. The van der Waals surface area contributed by atoms with Crippen LogP contribution < -0.4 is 0 Å². The average Bonchev–Trinajstić information content (AvgIpc) is 3.18. The molecule has 3 aliphatic heterocycles. The van der Waals surface area contributed by atoms with Crippen molar-refractivity contribution in [3.63, 3.8) is 0 Å². The van der Waals surface area contributed by atoms with Crippen LogP contribution in [0.2, 0.25) is 0 Å². The van der Waals surface area contributed by atoms with Gasteiger partial charge in [0.15, 0.2) is 0 Å². The van der Waals surface area contributed by atoms with Crippen molar-refractivity contribution >= 4 is 29.7 Å². The van der Waals surface area contributed by atoms with E-state index in [0.717, 1.165) is 0 Å². The summed E-state index contributed by atoms with van der Waals surface area (Å²) in [7, 11) is 1.70. The summed E-state index contributed by atoms with van der Waals surface area (Å²) >= 11 is 1.33. The van der Waals surface area contributed by atoms with Crippen molar-refractivity contribution < 1.29 is 24.2 Å². The van der Waals surface area contributed by atoms with Gasteiger partial charge in [-0.2, -0.15) is 0 Å². The average molecular weight is 394 g/mol. The predicted molar refractivity (Wildman–Crippen MR) is 90.4 cm³/mol. The zero-order valence-corrected chi connectivity index (χ0v) is 15.5. The largest absolute Gasteiger partial charge is 0.477 e. The maximum Gasteiger partial charge on any atom is 0.410 e. The number of thioether (sulfide) groups is 1. The van der Waals surface area contributed by atoms with Crippen LogP contribution in [0, 0.1) is 5.92 Å². The van der Waals surface area contributed by atoms with E-state index in [4.69, 9.17) is 4.74 Å². The molecular formula is C15H18N6O5S. The third-order valence-corrected chi connectivity index (χ3v) is 6.24. The topological polar surface area (TPSA) is 131 Å². The van der Waals surface area contributed by atoms with Gasteiger partial charge in [-0.05, 0) is 29.3 Å². The van der Waals surface area contributed by atoms with Crippen LogP contribution in [0.4, 0.5) is 4.79 Å². The second-order valence-electron chi connectivity index (χ2n) is 6.48. The molecule has 1 aromatic rings. The molecule has 0 aliphatic carbocycles. The standard InChI is InChI=1S/C15H18N6O5S/c1-3-26-15(25)20-5-4-7-8(6-27-14-16-17-18-19(14)2)10(13(23)24)21-9(7)11(20)12(21)22/h7,9,11H,3-6H2,1-2H3,(H,23,24)/t7?,9-,11+/m1/s1. The SMILES string of the molecule is CCOC(=O)N1CCC2C(CSc3nnnn3C)=C(C(=O)O)N3C(=O)[C@@H]1[C@@H]23. The second kappa shape index (κ2) is 6.51. The number of carbonyl (C=O) groups is 3. The Bertz CT molecular complexity index is 854. The molecule has 0 saturated carbocycles. The molecule has 0 spiro atoms. The van der Waals surface area contributed by atoms with Gasteiger partial charge in [0.05, 0.1) is 12.6 Å². The summed E-state index contributed by atoms with van der Waals surface area (Å²) in [5.41, 5.74) is 0.722. The highest BCUT2D eigenvalue weighted by Gasteiger charge is 2.64. The van der Waals surface area contributed by atoms with Crippen molar-refractivity contribution in [2.75, 3.05) is 18.9 Å². The fourth-order valence-corrected chi connectivity index (χ4v) is 5.04. The number of rotatable bonds is 5. The zero-order chi connectivity index (χ0) is 19.3.